The molecule has 0 spiro atoms. The van der Waals surface area contributed by atoms with Gasteiger partial charge in [0, 0.05) is 7.05 Å². The molecule has 0 aliphatic heterocycles. The Morgan fingerprint density at radius 3 is 2.72 bits per heavy atom. The van der Waals surface area contributed by atoms with Crippen LogP contribution >= 0.6 is 0 Å². The van der Waals surface area contributed by atoms with E-state index in [1.165, 1.54) is 6.33 Å². The Morgan fingerprint density at radius 2 is 2.22 bits per heavy atom. The SMILES string of the molecule is CC(C)c1c(C(=O)O)nnn1Cc1ncnn1C. The average molecular weight is 250 g/mol. The Hall–Kier alpha value is -2.25. The third-order valence-electron chi connectivity index (χ3n) is 2.62. The molecule has 0 aliphatic rings. The second-order valence-electron chi connectivity index (χ2n) is 4.24. The maximum atomic E-state index is 11.1. The normalized spacial score (nSPS) is 11.1. The number of hydrogen-bond acceptors (Lipinski definition) is 5. The van der Waals surface area contributed by atoms with E-state index >= 15 is 0 Å². The molecule has 8 nitrogen and oxygen atoms in total. The Labute approximate surface area is 103 Å². The fraction of sp³-hybridized carbons (Fsp3) is 0.500. The summed E-state index contributed by atoms with van der Waals surface area (Å²) in [6, 6.07) is 0. The van der Waals surface area contributed by atoms with Crippen molar-refractivity contribution in [3.05, 3.63) is 23.5 Å². The first-order valence-electron chi connectivity index (χ1n) is 5.50. The summed E-state index contributed by atoms with van der Waals surface area (Å²) in [5, 5.41) is 20.6. The van der Waals surface area contributed by atoms with Gasteiger partial charge in [-0.25, -0.2) is 14.5 Å². The number of carboxylic acid groups (broad SMARTS) is 1. The van der Waals surface area contributed by atoms with Crippen molar-refractivity contribution in [2.45, 2.75) is 26.3 Å². The zero-order chi connectivity index (χ0) is 13.3. The van der Waals surface area contributed by atoms with E-state index in [-0.39, 0.29) is 11.6 Å². The quantitative estimate of drug-likeness (QED) is 0.836. The van der Waals surface area contributed by atoms with Crippen LogP contribution in [0.3, 0.4) is 0 Å². The van der Waals surface area contributed by atoms with Crippen molar-refractivity contribution in [3.63, 3.8) is 0 Å². The maximum Gasteiger partial charge on any atom is 0.358 e. The highest BCUT2D eigenvalue weighted by molar-refractivity contribution is 5.86. The van der Waals surface area contributed by atoms with Gasteiger partial charge in [-0.1, -0.05) is 19.1 Å². The number of aromatic carboxylic acids is 1. The minimum Gasteiger partial charge on any atom is -0.476 e. The Morgan fingerprint density at radius 1 is 1.50 bits per heavy atom. The van der Waals surface area contributed by atoms with Gasteiger partial charge in [0.1, 0.15) is 18.7 Å². The number of aromatic nitrogens is 6. The van der Waals surface area contributed by atoms with Crippen molar-refractivity contribution >= 4 is 5.97 Å². The monoisotopic (exact) mass is 250 g/mol. The topological polar surface area (TPSA) is 98.7 Å². The van der Waals surface area contributed by atoms with Gasteiger partial charge in [0.25, 0.3) is 0 Å². The zero-order valence-corrected chi connectivity index (χ0v) is 10.4. The minimum atomic E-state index is -1.07. The van der Waals surface area contributed by atoms with Gasteiger partial charge in [0.15, 0.2) is 5.69 Å². The van der Waals surface area contributed by atoms with Crippen LogP contribution < -0.4 is 0 Å². The highest BCUT2D eigenvalue weighted by Crippen LogP contribution is 2.18. The number of hydrogen-bond donors (Lipinski definition) is 1. The Kier molecular flexibility index (Phi) is 3.09. The van der Waals surface area contributed by atoms with Gasteiger partial charge < -0.3 is 5.11 Å². The molecule has 2 heterocycles. The summed E-state index contributed by atoms with van der Waals surface area (Å²) >= 11 is 0. The zero-order valence-electron chi connectivity index (χ0n) is 10.4. The van der Waals surface area contributed by atoms with Gasteiger partial charge in [0.2, 0.25) is 0 Å². The van der Waals surface area contributed by atoms with E-state index in [0.29, 0.717) is 18.1 Å². The first-order chi connectivity index (χ1) is 8.50. The molecule has 0 atom stereocenters. The van der Waals surface area contributed by atoms with Crippen LogP contribution in [0, 0.1) is 0 Å². The maximum absolute atomic E-state index is 11.1. The molecule has 0 unspecified atom stereocenters. The molecular weight excluding hydrogens is 236 g/mol. The van der Waals surface area contributed by atoms with Crippen LogP contribution in [0.1, 0.15) is 41.8 Å². The highest BCUT2D eigenvalue weighted by Gasteiger charge is 2.22. The predicted molar refractivity (Wildman–Crippen MR) is 61.2 cm³/mol. The lowest BCUT2D eigenvalue weighted by Gasteiger charge is -2.09. The van der Waals surface area contributed by atoms with E-state index in [1.807, 2.05) is 13.8 Å². The molecule has 18 heavy (non-hydrogen) atoms. The summed E-state index contributed by atoms with van der Waals surface area (Å²) in [7, 11) is 1.77. The Bertz CT molecular complexity index is 571. The van der Waals surface area contributed by atoms with Crippen LogP contribution in [-0.2, 0) is 13.6 Å². The van der Waals surface area contributed by atoms with Crippen molar-refractivity contribution in [1.29, 1.82) is 0 Å². The Balaban J connectivity index is 2.40. The first kappa shape index (κ1) is 12.2. The van der Waals surface area contributed by atoms with Crippen molar-refractivity contribution in [2.75, 3.05) is 0 Å². The molecule has 2 aromatic heterocycles. The molecule has 0 aromatic carbocycles. The lowest BCUT2D eigenvalue weighted by Crippen LogP contribution is -2.13. The molecule has 0 saturated carbocycles. The molecule has 8 heteroatoms. The van der Waals surface area contributed by atoms with Crippen LogP contribution in [0.5, 0.6) is 0 Å². The second kappa shape index (κ2) is 4.55. The fourth-order valence-electron chi connectivity index (χ4n) is 1.76. The molecule has 2 rings (SSSR count). The first-order valence-corrected chi connectivity index (χ1v) is 5.50. The second-order valence-corrected chi connectivity index (χ2v) is 4.24. The smallest absolute Gasteiger partial charge is 0.358 e. The van der Waals surface area contributed by atoms with Gasteiger partial charge in [-0.05, 0) is 5.92 Å². The average Bonchev–Trinajstić information content (AvgIpc) is 2.86. The van der Waals surface area contributed by atoms with Crippen LogP contribution in [0.2, 0.25) is 0 Å². The summed E-state index contributed by atoms with van der Waals surface area (Å²) in [6.07, 6.45) is 1.44. The number of rotatable bonds is 4. The van der Waals surface area contributed by atoms with E-state index < -0.39 is 5.97 Å². The molecule has 0 bridgehead atoms. The number of aryl methyl sites for hydroxylation is 1. The third kappa shape index (κ3) is 2.08. The van der Waals surface area contributed by atoms with Crippen LogP contribution in [0.25, 0.3) is 0 Å². The number of carboxylic acids is 1. The fourth-order valence-corrected chi connectivity index (χ4v) is 1.76. The number of carbonyl (C=O) groups is 1. The third-order valence-corrected chi connectivity index (χ3v) is 2.62. The molecule has 96 valence electrons. The van der Waals surface area contributed by atoms with E-state index in [0.717, 1.165) is 0 Å². The largest absolute Gasteiger partial charge is 0.476 e. The summed E-state index contributed by atoms with van der Waals surface area (Å²) in [5.74, 6) is -0.360. The van der Waals surface area contributed by atoms with E-state index in [4.69, 9.17) is 5.11 Å². The lowest BCUT2D eigenvalue weighted by molar-refractivity contribution is 0.0688. The summed E-state index contributed by atoms with van der Waals surface area (Å²) < 4.78 is 3.17. The molecule has 0 fully saturated rings. The van der Waals surface area contributed by atoms with Gasteiger partial charge in [-0.15, -0.1) is 5.10 Å². The number of nitrogens with zero attached hydrogens (tertiary/aromatic N) is 6. The van der Waals surface area contributed by atoms with Crippen molar-refractivity contribution in [2.24, 2.45) is 7.05 Å². The van der Waals surface area contributed by atoms with Crippen molar-refractivity contribution < 1.29 is 9.90 Å². The standard InChI is InChI=1S/C10H14N6O2/c1-6(2)9-8(10(17)18)13-14-16(9)4-7-11-5-12-15(7)3/h5-6H,4H2,1-3H3,(H,17,18). The molecular formula is C10H14N6O2. The summed E-state index contributed by atoms with van der Waals surface area (Å²) in [5.41, 5.74) is 0.581. The van der Waals surface area contributed by atoms with Crippen LogP contribution in [-0.4, -0.2) is 40.8 Å². The van der Waals surface area contributed by atoms with Gasteiger partial charge in [-0.2, -0.15) is 5.10 Å². The minimum absolute atomic E-state index is 0.00725. The molecule has 0 aliphatic carbocycles. The van der Waals surface area contributed by atoms with Crippen LogP contribution in [0.15, 0.2) is 6.33 Å². The molecule has 2 aromatic rings. The summed E-state index contributed by atoms with van der Waals surface area (Å²) in [4.78, 5) is 15.1. The predicted octanol–water partition coefficient (Wildman–Crippen LogP) is 0.276. The van der Waals surface area contributed by atoms with Crippen molar-refractivity contribution in [3.8, 4) is 0 Å². The molecule has 1 N–H and O–H groups in total. The molecule has 0 radical (unpaired) electrons. The van der Waals surface area contributed by atoms with Gasteiger partial charge >= 0.3 is 5.97 Å². The van der Waals surface area contributed by atoms with E-state index in [2.05, 4.69) is 20.4 Å². The van der Waals surface area contributed by atoms with Crippen LogP contribution in [0.4, 0.5) is 0 Å². The van der Waals surface area contributed by atoms with E-state index in [9.17, 15) is 4.79 Å². The van der Waals surface area contributed by atoms with Gasteiger partial charge in [-0.3, -0.25) is 4.68 Å². The molecule has 0 saturated heterocycles. The van der Waals surface area contributed by atoms with Crippen molar-refractivity contribution in [1.82, 2.24) is 29.8 Å². The summed E-state index contributed by atoms with van der Waals surface area (Å²) in [6.45, 7) is 4.15. The highest BCUT2D eigenvalue weighted by atomic mass is 16.4. The lowest BCUT2D eigenvalue weighted by atomic mass is 10.1. The van der Waals surface area contributed by atoms with Gasteiger partial charge in [0.05, 0.1) is 5.69 Å². The molecule has 0 amide bonds. The van der Waals surface area contributed by atoms with E-state index in [1.54, 1.807) is 16.4 Å².